The number of hydrogen-bond donors (Lipinski definition) is 0. The molecule has 0 N–H and O–H groups in total. The van der Waals surface area contributed by atoms with Crippen LogP contribution in [0.4, 0.5) is 0 Å². The first kappa shape index (κ1) is 10.6. The van der Waals surface area contributed by atoms with Gasteiger partial charge in [-0.25, -0.2) is 9.79 Å². The molecule has 1 aromatic rings. The molecule has 1 aliphatic heterocycles. The second-order valence-corrected chi connectivity index (χ2v) is 4.19. The Labute approximate surface area is 94.5 Å². The SMILES string of the molecule is C=Cc1ccc(C2=NC(C)(C)C(=O)O2)cc1. The van der Waals surface area contributed by atoms with Crippen LogP contribution in [0.15, 0.2) is 35.8 Å². The van der Waals surface area contributed by atoms with Crippen molar-refractivity contribution in [2.24, 2.45) is 4.99 Å². The fourth-order valence-corrected chi connectivity index (χ4v) is 1.42. The lowest BCUT2D eigenvalue weighted by Crippen LogP contribution is -2.25. The molecule has 0 aromatic heterocycles. The minimum absolute atomic E-state index is 0.310. The van der Waals surface area contributed by atoms with Crippen LogP contribution < -0.4 is 0 Å². The Kier molecular flexibility index (Phi) is 2.38. The van der Waals surface area contributed by atoms with E-state index in [1.807, 2.05) is 24.3 Å². The predicted octanol–water partition coefficient (Wildman–Crippen LogP) is 2.41. The summed E-state index contributed by atoms with van der Waals surface area (Å²) >= 11 is 0. The van der Waals surface area contributed by atoms with Crippen molar-refractivity contribution in [3.63, 3.8) is 0 Å². The molecule has 1 heterocycles. The zero-order valence-electron chi connectivity index (χ0n) is 9.36. The minimum Gasteiger partial charge on any atom is -0.405 e. The van der Waals surface area contributed by atoms with E-state index in [-0.39, 0.29) is 5.97 Å². The van der Waals surface area contributed by atoms with Crippen molar-refractivity contribution in [1.82, 2.24) is 0 Å². The largest absolute Gasteiger partial charge is 0.405 e. The molecule has 3 nitrogen and oxygen atoms in total. The Morgan fingerprint density at radius 3 is 2.38 bits per heavy atom. The van der Waals surface area contributed by atoms with Gasteiger partial charge in [0.1, 0.15) is 0 Å². The van der Waals surface area contributed by atoms with Gasteiger partial charge in [-0.05, 0) is 31.5 Å². The first-order chi connectivity index (χ1) is 7.53. The molecule has 3 heteroatoms. The molecule has 0 amide bonds. The van der Waals surface area contributed by atoms with E-state index in [9.17, 15) is 4.79 Å². The van der Waals surface area contributed by atoms with E-state index in [0.717, 1.165) is 11.1 Å². The van der Waals surface area contributed by atoms with Crippen LogP contribution in [0, 0.1) is 0 Å². The van der Waals surface area contributed by atoms with Crippen molar-refractivity contribution >= 4 is 17.9 Å². The molecule has 1 aromatic carbocycles. The smallest absolute Gasteiger partial charge is 0.340 e. The predicted molar refractivity (Wildman–Crippen MR) is 63.2 cm³/mol. The van der Waals surface area contributed by atoms with E-state index in [1.54, 1.807) is 19.9 Å². The van der Waals surface area contributed by atoms with E-state index in [2.05, 4.69) is 11.6 Å². The fourth-order valence-electron chi connectivity index (χ4n) is 1.42. The maximum Gasteiger partial charge on any atom is 0.340 e. The van der Waals surface area contributed by atoms with Crippen molar-refractivity contribution in [3.8, 4) is 0 Å². The number of esters is 1. The third-order valence-corrected chi connectivity index (χ3v) is 2.46. The zero-order valence-corrected chi connectivity index (χ0v) is 9.36. The number of hydrogen-bond acceptors (Lipinski definition) is 3. The summed E-state index contributed by atoms with van der Waals surface area (Å²) in [7, 11) is 0. The van der Waals surface area contributed by atoms with E-state index < -0.39 is 5.54 Å². The average molecular weight is 215 g/mol. The number of aliphatic imine (C=N–C) groups is 1. The molecule has 0 saturated heterocycles. The van der Waals surface area contributed by atoms with Crippen LogP contribution in [-0.2, 0) is 9.53 Å². The highest BCUT2D eigenvalue weighted by atomic mass is 16.6. The van der Waals surface area contributed by atoms with Crippen molar-refractivity contribution in [2.45, 2.75) is 19.4 Å². The number of carbonyl (C=O) groups is 1. The molecular formula is C13H13NO2. The molecule has 1 aliphatic rings. The first-order valence-electron chi connectivity index (χ1n) is 5.08. The van der Waals surface area contributed by atoms with Gasteiger partial charge in [0.25, 0.3) is 0 Å². The third-order valence-electron chi connectivity index (χ3n) is 2.46. The maximum absolute atomic E-state index is 11.4. The summed E-state index contributed by atoms with van der Waals surface area (Å²) in [6.07, 6.45) is 1.76. The van der Waals surface area contributed by atoms with Crippen molar-refractivity contribution in [1.29, 1.82) is 0 Å². The van der Waals surface area contributed by atoms with Crippen LogP contribution in [0.5, 0.6) is 0 Å². The lowest BCUT2D eigenvalue weighted by Gasteiger charge is -2.05. The van der Waals surface area contributed by atoms with E-state index in [0.29, 0.717) is 5.90 Å². The number of ether oxygens (including phenoxy) is 1. The van der Waals surface area contributed by atoms with Gasteiger partial charge in [0.2, 0.25) is 5.90 Å². The van der Waals surface area contributed by atoms with Crippen LogP contribution >= 0.6 is 0 Å². The molecule has 2 rings (SSSR count). The molecule has 16 heavy (non-hydrogen) atoms. The Hall–Kier alpha value is -1.90. The van der Waals surface area contributed by atoms with Gasteiger partial charge in [-0.3, -0.25) is 0 Å². The van der Waals surface area contributed by atoms with E-state index >= 15 is 0 Å². The molecule has 0 spiro atoms. The summed E-state index contributed by atoms with van der Waals surface area (Å²) in [5.41, 5.74) is 1.06. The second kappa shape index (κ2) is 3.59. The number of cyclic esters (lactones) is 1. The van der Waals surface area contributed by atoms with Crippen LogP contribution in [0.3, 0.4) is 0 Å². The maximum atomic E-state index is 11.4. The summed E-state index contributed by atoms with van der Waals surface area (Å²) in [5.74, 6) is 0.0842. The highest BCUT2D eigenvalue weighted by Crippen LogP contribution is 2.22. The highest BCUT2D eigenvalue weighted by Gasteiger charge is 2.37. The van der Waals surface area contributed by atoms with Gasteiger partial charge in [0, 0.05) is 5.56 Å². The number of nitrogens with zero attached hydrogens (tertiary/aromatic N) is 1. The Bertz CT molecular complexity index is 469. The summed E-state index contributed by atoms with van der Waals surface area (Å²) in [6, 6.07) is 7.54. The van der Waals surface area contributed by atoms with Gasteiger partial charge >= 0.3 is 5.97 Å². The Morgan fingerprint density at radius 1 is 1.31 bits per heavy atom. The van der Waals surface area contributed by atoms with Crippen molar-refractivity contribution in [2.75, 3.05) is 0 Å². The van der Waals surface area contributed by atoms with Gasteiger partial charge in [0.15, 0.2) is 5.54 Å². The molecular weight excluding hydrogens is 202 g/mol. The van der Waals surface area contributed by atoms with Crippen LogP contribution in [0.1, 0.15) is 25.0 Å². The topological polar surface area (TPSA) is 38.7 Å². The molecule has 0 aliphatic carbocycles. The summed E-state index contributed by atoms with van der Waals surface area (Å²) in [6.45, 7) is 7.15. The summed E-state index contributed by atoms with van der Waals surface area (Å²) < 4.78 is 5.12. The monoisotopic (exact) mass is 215 g/mol. The molecule has 0 saturated carbocycles. The van der Waals surface area contributed by atoms with E-state index in [4.69, 9.17) is 4.74 Å². The molecule has 0 fully saturated rings. The zero-order chi connectivity index (χ0) is 11.8. The van der Waals surface area contributed by atoms with Gasteiger partial charge in [0.05, 0.1) is 0 Å². The van der Waals surface area contributed by atoms with Gasteiger partial charge in [-0.2, -0.15) is 0 Å². The molecule has 0 unspecified atom stereocenters. The first-order valence-corrected chi connectivity index (χ1v) is 5.08. The van der Waals surface area contributed by atoms with Gasteiger partial charge in [-0.1, -0.05) is 24.8 Å². The lowest BCUT2D eigenvalue weighted by molar-refractivity contribution is -0.137. The lowest BCUT2D eigenvalue weighted by atomic mass is 10.1. The molecule has 0 bridgehead atoms. The summed E-state index contributed by atoms with van der Waals surface area (Å²) in [4.78, 5) is 15.7. The quantitative estimate of drug-likeness (QED) is 0.710. The number of carbonyl (C=O) groups excluding carboxylic acids is 1. The van der Waals surface area contributed by atoms with Crippen molar-refractivity contribution in [3.05, 3.63) is 42.0 Å². The van der Waals surface area contributed by atoms with Crippen LogP contribution in [-0.4, -0.2) is 17.4 Å². The van der Waals surface area contributed by atoms with Crippen molar-refractivity contribution < 1.29 is 9.53 Å². The minimum atomic E-state index is -0.771. The average Bonchev–Trinajstić information content (AvgIpc) is 2.54. The third kappa shape index (κ3) is 1.76. The van der Waals surface area contributed by atoms with Gasteiger partial charge in [-0.15, -0.1) is 0 Å². The standard InChI is InChI=1S/C13H13NO2/c1-4-9-5-7-10(8-6-9)11-14-13(2,3)12(15)16-11/h4-8H,1H2,2-3H3. The molecule has 0 atom stereocenters. The Balaban J connectivity index is 2.33. The number of rotatable bonds is 2. The summed E-state index contributed by atoms with van der Waals surface area (Å²) in [5, 5.41) is 0. The Morgan fingerprint density at radius 2 is 1.94 bits per heavy atom. The van der Waals surface area contributed by atoms with Gasteiger partial charge < -0.3 is 4.74 Å². The highest BCUT2D eigenvalue weighted by molar-refractivity contribution is 6.07. The molecule has 82 valence electrons. The van der Waals surface area contributed by atoms with Crippen LogP contribution in [0.2, 0.25) is 0 Å². The second-order valence-electron chi connectivity index (χ2n) is 4.19. The molecule has 0 radical (unpaired) electrons. The fraction of sp³-hybridized carbons (Fsp3) is 0.231. The van der Waals surface area contributed by atoms with E-state index in [1.165, 1.54) is 0 Å². The normalized spacial score (nSPS) is 17.9. The number of benzene rings is 1. The van der Waals surface area contributed by atoms with Crippen LogP contribution in [0.25, 0.3) is 6.08 Å².